The van der Waals surface area contributed by atoms with E-state index in [1.54, 1.807) is 0 Å². The van der Waals surface area contributed by atoms with Gasteiger partial charge in [0.15, 0.2) is 0 Å². The van der Waals surface area contributed by atoms with Crippen molar-refractivity contribution in [2.75, 3.05) is 0 Å². The van der Waals surface area contributed by atoms with Gasteiger partial charge in [-0.05, 0) is 37.5 Å². The van der Waals surface area contributed by atoms with Gasteiger partial charge < -0.3 is 5.73 Å². The van der Waals surface area contributed by atoms with E-state index in [4.69, 9.17) is 5.73 Å². The smallest absolute Gasteiger partial charge is 0.0133 e. The van der Waals surface area contributed by atoms with Crippen LogP contribution in [0, 0.1) is 11.3 Å². The van der Waals surface area contributed by atoms with Crippen LogP contribution in [0.1, 0.15) is 53.4 Å². The van der Waals surface area contributed by atoms with Crippen LogP contribution in [0.4, 0.5) is 0 Å². The van der Waals surface area contributed by atoms with E-state index < -0.39 is 0 Å². The highest BCUT2D eigenvalue weighted by atomic mass is 35.5. The molecule has 0 radical (unpaired) electrons. The van der Waals surface area contributed by atoms with Gasteiger partial charge in [-0.1, -0.05) is 27.2 Å². The molecule has 0 aromatic carbocycles. The molecule has 0 heterocycles. The van der Waals surface area contributed by atoms with Gasteiger partial charge >= 0.3 is 0 Å². The number of rotatable bonds is 1. The molecule has 0 spiro atoms. The van der Waals surface area contributed by atoms with Gasteiger partial charge in [0.1, 0.15) is 0 Å². The Labute approximate surface area is 88.9 Å². The summed E-state index contributed by atoms with van der Waals surface area (Å²) in [6.07, 6.45) is 5.02. The number of halogens is 1. The van der Waals surface area contributed by atoms with Crippen molar-refractivity contribution in [2.45, 2.75) is 58.9 Å². The van der Waals surface area contributed by atoms with Crippen LogP contribution in [0.2, 0.25) is 0 Å². The largest absolute Gasteiger partial charge is 0.325 e. The number of hydrogen-bond donors (Lipinski definition) is 1. The first-order chi connectivity index (χ1) is 5.37. The maximum absolute atomic E-state index is 6.22. The van der Waals surface area contributed by atoms with E-state index in [1.165, 1.54) is 25.7 Å². The van der Waals surface area contributed by atoms with E-state index in [9.17, 15) is 0 Å². The molecule has 0 saturated heterocycles. The summed E-state index contributed by atoms with van der Waals surface area (Å²) in [6.45, 7) is 9.20. The minimum atomic E-state index is 0. The molecular weight excluding hydrogens is 182 g/mol. The number of nitrogens with two attached hydrogens (primary N) is 1. The zero-order valence-electron chi connectivity index (χ0n) is 9.39. The Hall–Kier alpha value is 0.250. The molecule has 1 unspecified atom stereocenters. The molecule has 1 saturated carbocycles. The molecule has 1 nitrogen and oxygen atoms in total. The Morgan fingerprint density at radius 3 is 2.23 bits per heavy atom. The molecule has 1 rings (SSSR count). The molecule has 1 fully saturated rings. The Bertz CT molecular complexity index is 167. The van der Waals surface area contributed by atoms with E-state index in [1.807, 2.05) is 0 Å². The summed E-state index contributed by atoms with van der Waals surface area (Å²) < 4.78 is 0. The molecule has 13 heavy (non-hydrogen) atoms. The third kappa shape index (κ3) is 3.47. The first-order valence-electron chi connectivity index (χ1n) is 5.16. The first-order valence-corrected chi connectivity index (χ1v) is 5.16. The lowest BCUT2D eigenvalue weighted by atomic mass is 9.63. The van der Waals surface area contributed by atoms with Crippen molar-refractivity contribution in [1.29, 1.82) is 0 Å². The Morgan fingerprint density at radius 2 is 1.85 bits per heavy atom. The summed E-state index contributed by atoms with van der Waals surface area (Å²) in [6, 6.07) is 0. The van der Waals surface area contributed by atoms with Crippen molar-refractivity contribution in [1.82, 2.24) is 0 Å². The van der Waals surface area contributed by atoms with Gasteiger partial charge in [-0.2, -0.15) is 0 Å². The number of hydrogen-bond acceptors (Lipinski definition) is 1. The monoisotopic (exact) mass is 205 g/mol. The van der Waals surface area contributed by atoms with Crippen LogP contribution < -0.4 is 5.73 Å². The lowest BCUT2D eigenvalue weighted by molar-refractivity contribution is 0.0983. The molecule has 1 aliphatic carbocycles. The molecule has 1 aliphatic rings. The molecule has 0 aliphatic heterocycles. The van der Waals surface area contributed by atoms with Gasteiger partial charge in [-0.15, -0.1) is 12.4 Å². The quantitative estimate of drug-likeness (QED) is 0.698. The second-order valence-electron chi connectivity index (χ2n) is 5.51. The van der Waals surface area contributed by atoms with Crippen LogP contribution in [0.25, 0.3) is 0 Å². The SMILES string of the molecule is CC[C@@]1(C)CC(C)C[C@@](C)(N)C1.Cl. The minimum Gasteiger partial charge on any atom is -0.325 e. The first kappa shape index (κ1) is 13.2. The highest BCUT2D eigenvalue weighted by Crippen LogP contribution is 2.44. The fraction of sp³-hybridized carbons (Fsp3) is 1.00. The van der Waals surface area contributed by atoms with Crippen molar-refractivity contribution in [3.8, 4) is 0 Å². The van der Waals surface area contributed by atoms with Crippen LogP contribution in [0.3, 0.4) is 0 Å². The van der Waals surface area contributed by atoms with Gasteiger partial charge in [-0.25, -0.2) is 0 Å². The summed E-state index contributed by atoms with van der Waals surface area (Å²) in [7, 11) is 0. The standard InChI is InChI=1S/C11H23N.ClH/c1-5-10(3)6-9(2)7-11(4,12)8-10;/h9H,5-8,12H2,1-4H3;1H/t9?,10-,11+;/m0./s1. The highest BCUT2D eigenvalue weighted by molar-refractivity contribution is 5.85. The molecule has 0 aromatic heterocycles. The summed E-state index contributed by atoms with van der Waals surface area (Å²) in [4.78, 5) is 0. The minimum absolute atomic E-state index is 0. The molecule has 0 aromatic rings. The van der Waals surface area contributed by atoms with Crippen molar-refractivity contribution in [2.24, 2.45) is 17.1 Å². The lowest BCUT2D eigenvalue weighted by Gasteiger charge is -2.45. The topological polar surface area (TPSA) is 26.0 Å². The zero-order chi connectivity index (χ0) is 9.41. The van der Waals surface area contributed by atoms with Crippen LogP contribution in [-0.4, -0.2) is 5.54 Å². The highest BCUT2D eigenvalue weighted by Gasteiger charge is 2.38. The Kier molecular flexibility index (Phi) is 4.26. The van der Waals surface area contributed by atoms with E-state index >= 15 is 0 Å². The summed E-state index contributed by atoms with van der Waals surface area (Å²) >= 11 is 0. The molecular formula is C11H24ClN. The lowest BCUT2D eigenvalue weighted by Crippen LogP contribution is -2.47. The normalized spacial score (nSPS) is 45.5. The fourth-order valence-corrected chi connectivity index (χ4v) is 3.10. The third-order valence-electron chi connectivity index (χ3n) is 3.34. The van der Waals surface area contributed by atoms with Gasteiger partial charge in [-0.3, -0.25) is 0 Å². The fourth-order valence-electron chi connectivity index (χ4n) is 3.10. The molecule has 0 bridgehead atoms. The van der Waals surface area contributed by atoms with E-state index in [-0.39, 0.29) is 17.9 Å². The van der Waals surface area contributed by atoms with Crippen molar-refractivity contribution < 1.29 is 0 Å². The van der Waals surface area contributed by atoms with Gasteiger partial charge in [0.2, 0.25) is 0 Å². The third-order valence-corrected chi connectivity index (χ3v) is 3.34. The molecule has 3 atom stereocenters. The second kappa shape index (κ2) is 4.18. The zero-order valence-corrected chi connectivity index (χ0v) is 10.2. The molecule has 2 heteroatoms. The van der Waals surface area contributed by atoms with Crippen LogP contribution in [0.5, 0.6) is 0 Å². The van der Waals surface area contributed by atoms with E-state index in [2.05, 4.69) is 27.7 Å². The Morgan fingerprint density at radius 1 is 1.31 bits per heavy atom. The van der Waals surface area contributed by atoms with E-state index in [0.717, 1.165) is 5.92 Å². The summed E-state index contributed by atoms with van der Waals surface area (Å²) in [5, 5.41) is 0. The second-order valence-corrected chi connectivity index (χ2v) is 5.51. The van der Waals surface area contributed by atoms with Gasteiger partial charge in [0, 0.05) is 5.54 Å². The Balaban J connectivity index is 0.00000144. The van der Waals surface area contributed by atoms with Crippen molar-refractivity contribution in [3.05, 3.63) is 0 Å². The maximum Gasteiger partial charge on any atom is 0.0133 e. The van der Waals surface area contributed by atoms with E-state index in [0.29, 0.717) is 5.41 Å². The average Bonchev–Trinajstić information content (AvgIpc) is 1.82. The molecule has 0 amide bonds. The molecule has 2 N–H and O–H groups in total. The van der Waals surface area contributed by atoms with Gasteiger partial charge in [0.05, 0.1) is 0 Å². The summed E-state index contributed by atoms with van der Waals surface area (Å²) in [5.41, 5.74) is 6.81. The predicted molar refractivity (Wildman–Crippen MR) is 61.3 cm³/mol. The average molecular weight is 206 g/mol. The van der Waals surface area contributed by atoms with Crippen LogP contribution in [0.15, 0.2) is 0 Å². The predicted octanol–water partition coefficient (Wildman–Crippen LogP) is 3.36. The summed E-state index contributed by atoms with van der Waals surface area (Å²) in [5.74, 6) is 0.804. The van der Waals surface area contributed by atoms with Crippen LogP contribution >= 0.6 is 12.4 Å². The molecule has 80 valence electrons. The van der Waals surface area contributed by atoms with Crippen molar-refractivity contribution in [3.63, 3.8) is 0 Å². The maximum atomic E-state index is 6.22. The van der Waals surface area contributed by atoms with Crippen molar-refractivity contribution >= 4 is 12.4 Å². The van der Waals surface area contributed by atoms with Gasteiger partial charge in [0.25, 0.3) is 0 Å². The van der Waals surface area contributed by atoms with Crippen LogP contribution in [-0.2, 0) is 0 Å².